The van der Waals surface area contributed by atoms with Crippen LogP contribution in [0.4, 0.5) is 0 Å². The maximum atomic E-state index is 5.33. The largest absolute Gasteiger partial charge is 0.497 e. The summed E-state index contributed by atoms with van der Waals surface area (Å²) >= 11 is 0. The third-order valence-electron chi connectivity index (χ3n) is 4.44. The zero-order valence-corrected chi connectivity index (χ0v) is 12.0. The Morgan fingerprint density at radius 1 is 1.42 bits per heavy atom. The van der Waals surface area contributed by atoms with Crippen LogP contribution in [0.15, 0.2) is 18.2 Å². The lowest BCUT2D eigenvalue weighted by Crippen LogP contribution is -2.23. The molecule has 1 aromatic carbocycles. The highest BCUT2D eigenvalue weighted by Crippen LogP contribution is 2.30. The van der Waals surface area contributed by atoms with Crippen molar-refractivity contribution in [3.8, 4) is 5.75 Å². The van der Waals surface area contributed by atoms with Gasteiger partial charge in [0.25, 0.3) is 0 Å². The molecule has 1 saturated heterocycles. The van der Waals surface area contributed by atoms with Gasteiger partial charge in [0, 0.05) is 30.2 Å². The second kappa shape index (κ2) is 4.89. The molecule has 1 aliphatic heterocycles. The topological polar surface area (TPSA) is 26.2 Å². The number of nitrogens with one attached hydrogen (secondary N) is 1. The average molecular weight is 258 g/mol. The van der Waals surface area contributed by atoms with Gasteiger partial charge in [-0.2, -0.15) is 0 Å². The third-order valence-corrected chi connectivity index (χ3v) is 4.44. The van der Waals surface area contributed by atoms with Crippen molar-refractivity contribution in [2.75, 3.05) is 13.7 Å². The van der Waals surface area contributed by atoms with E-state index < -0.39 is 0 Å². The van der Waals surface area contributed by atoms with Crippen LogP contribution in [0.3, 0.4) is 0 Å². The van der Waals surface area contributed by atoms with E-state index in [0.717, 1.165) is 12.2 Å². The van der Waals surface area contributed by atoms with Gasteiger partial charge in [0.1, 0.15) is 5.75 Å². The number of aryl methyl sites for hydroxylation is 1. The highest BCUT2D eigenvalue weighted by Gasteiger charge is 2.19. The van der Waals surface area contributed by atoms with Gasteiger partial charge in [-0.05, 0) is 50.4 Å². The molecule has 1 atom stereocenters. The number of aromatic nitrogens is 1. The second-order valence-electron chi connectivity index (χ2n) is 5.50. The van der Waals surface area contributed by atoms with E-state index in [4.69, 9.17) is 4.74 Å². The van der Waals surface area contributed by atoms with Crippen molar-refractivity contribution in [3.63, 3.8) is 0 Å². The Labute approximate surface area is 114 Å². The van der Waals surface area contributed by atoms with Crippen molar-refractivity contribution < 1.29 is 4.74 Å². The summed E-state index contributed by atoms with van der Waals surface area (Å²) in [6.07, 6.45) is 3.74. The first kappa shape index (κ1) is 12.5. The number of benzene rings is 1. The summed E-state index contributed by atoms with van der Waals surface area (Å²) in [6.45, 7) is 3.39. The van der Waals surface area contributed by atoms with E-state index in [1.54, 1.807) is 7.11 Å². The van der Waals surface area contributed by atoms with Crippen LogP contribution in [0.5, 0.6) is 5.75 Å². The number of methoxy groups -OCH3 is 1. The number of fused-ring (bicyclic) bond motifs is 1. The molecule has 0 saturated carbocycles. The van der Waals surface area contributed by atoms with Crippen LogP contribution in [0.25, 0.3) is 10.9 Å². The normalized spacial score (nSPS) is 19.2. The van der Waals surface area contributed by atoms with Gasteiger partial charge in [-0.15, -0.1) is 0 Å². The van der Waals surface area contributed by atoms with Crippen molar-refractivity contribution >= 4 is 10.9 Å². The van der Waals surface area contributed by atoms with Crippen LogP contribution in [-0.2, 0) is 13.5 Å². The molecule has 0 radical (unpaired) electrons. The molecular weight excluding hydrogens is 236 g/mol. The first-order valence-corrected chi connectivity index (χ1v) is 7.06. The summed E-state index contributed by atoms with van der Waals surface area (Å²) in [5, 5.41) is 4.96. The monoisotopic (exact) mass is 258 g/mol. The number of nitrogens with zero attached hydrogens (tertiary/aromatic N) is 1. The van der Waals surface area contributed by atoms with Crippen molar-refractivity contribution in [3.05, 3.63) is 29.5 Å². The van der Waals surface area contributed by atoms with Gasteiger partial charge in [0.2, 0.25) is 0 Å². The van der Waals surface area contributed by atoms with E-state index in [1.165, 1.54) is 41.5 Å². The maximum Gasteiger partial charge on any atom is 0.120 e. The second-order valence-corrected chi connectivity index (χ2v) is 5.50. The molecule has 19 heavy (non-hydrogen) atoms. The lowest BCUT2D eigenvalue weighted by molar-refractivity contribution is 0.415. The minimum absolute atomic E-state index is 0.645. The van der Waals surface area contributed by atoms with E-state index in [-0.39, 0.29) is 0 Å². The zero-order chi connectivity index (χ0) is 13.4. The first-order valence-electron chi connectivity index (χ1n) is 7.06. The fourth-order valence-corrected chi connectivity index (χ4v) is 3.18. The molecule has 3 rings (SSSR count). The Hall–Kier alpha value is -1.48. The van der Waals surface area contributed by atoms with Crippen LogP contribution in [-0.4, -0.2) is 24.3 Å². The lowest BCUT2D eigenvalue weighted by Gasteiger charge is -2.10. The van der Waals surface area contributed by atoms with Crippen molar-refractivity contribution in [2.24, 2.45) is 7.05 Å². The van der Waals surface area contributed by atoms with Crippen LogP contribution >= 0.6 is 0 Å². The van der Waals surface area contributed by atoms with E-state index >= 15 is 0 Å². The van der Waals surface area contributed by atoms with Crippen molar-refractivity contribution in [1.29, 1.82) is 0 Å². The molecule has 1 fully saturated rings. The van der Waals surface area contributed by atoms with Gasteiger partial charge in [-0.25, -0.2) is 0 Å². The van der Waals surface area contributed by atoms with E-state index in [9.17, 15) is 0 Å². The predicted molar refractivity (Wildman–Crippen MR) is 78.9 cm³/mol. The predicted octanol–water partition coefficient (Wildman–Crippen LogP) is 2.79. The average Bonchev–Trinajstić information content (AvgIpc) is 3.02. The highest BCUT2D eigenvalue weighted by atomic mass is 16.5. The smallest absolute Gasteiger partial charge is 0.120 e. The molecular formula is C16H22N2O. The lowest BCUT2D eigenvalue weighted by atomic mass is 10.0. The summed E-state index contributed by atoms with van der Waals surface area (Å²) in [5.41, 5.74) is 4.13. The number of rotatable bonds is 3. The molecule has 1 aromatic heterocycles. The fraction of sp³-hybridized carbons (Fsp3) is 0.500. The van der Waals surface area contributed by atoms with Gasteiger partial charge in [-0.1, -0.05) is 0 Å². The minimum Gasteiger partial charge on any atom is -0.497 e. The summed E-state index contributed by atoms with van der Waals surface area (Å²) in [5.74, 6) is 0.929. The molecule has 0 aliphatic carbocycles. The fourth-order valence-electron chi connectivity index (χ4n) is 3.18. The Morgan fingerprint density at radius 3 is 2.95 bits per heavy atom. The molecule has 1 unspecified atom stereocenters. The molecule has 3 nitrogen and oxygen atoms in total. The summed E-state index contributed by atoms with van der Waals surface area (Å²) in [4.78, 5) is 0. The van der Waals surface area contributed by atoms with Crippen molar-refractivity contribution in [1.82, 2.24) is 9.88 Å². The van der Waals surface area contributed by atoms with Gasteiger partial charge in [0.15, 0.2) is 0 Å². The van der Waals surface area contributed by atoms with Gasteiger partial charge >= 0.3 is 0 Å². The van der Waals surface area contributed by atoms with E-state index in [2.05, 4.69) is 42.1 Å². The van der Waals surface area contributed by atoms with Crippen molar-refractivity contribution in [2.45, 2.75) is 32.2 Å². The molecule has 0 spiro atoms. The molecule has 2 heterocycles. The summed E-state index contributed by atoms with van der Waals surface area (Å²) in [6, 6.07) is 7.04. The quantitative estimate of drug-likeness (QED) is 0.916. The highest BCUT2D eigenvalue weighted by molar-refractivity contribution is 5.86. The van der Waals surface area contributed by atoms with Crippen LogP contribution in [0.2, 0.25) is 0 Å². The maximum absolute atomic E-state index is 5.33. The van der Waals surface area contributed by atoms with Crippen LogP contribution < -0.4 is 10.1 Å². The molecule has 0 amide bonds. The van der Waals surface area contributed by atoms with Crippen LogP contribution in [0, 0.1) is 6.92 Å². The Kier molecular flexibility index (Phi) is 3.23. The van der Waals surface area contributed by atoms with Gasteiger partial charge in [-0.3, -0.25) is 0 Å². The molecule has 0 bridgehead atoms. The molecule has 2 aromatic rings. The van der Waals surface area contributed by atoms with Crippen LogP contribution in [0.1, 0.15) is 24.1 Å². The Morgan fingerprint density at radius 2 is 2.26 bits per heavy atom. The molecule has 1 N–H and O–H groups in total. The standard InChI is InChI=1S/C16H22N2O/c1-11-15(9-12-5-4-8-17-12)14-7-6-13(19-3)10-16(14)18(11)2/h6-7,10,12,17H,4-5,8-9H2,1-3H3. The number of hydrogen-bond acceptors (Lipinski definition) is 2. The third kappa shape index (κ3) is 2.12. The first-order chi connectivity index (χ1) is 9.20. The SMILES string of the molecule is COc1ccc2c(CC3CCCN3)c(C)n(C)c2c1. The Balaban J connectivity index is 2.05. The van der Waals surface area contributed by atoms with E-state index in [0.29, 0.717) is 6.04 Å². The number of hydrogen-bond donors (Lipinski definition) is 1. The zero-order valence-electron chi connectivity index (χ0n) is 12.0. The Bertz CT molecular complexity index is 594. The van der Waals surface area contributed by atoms with Gasteiger partial charge < -0.3 is 14.6 Å². The number of ether oxygens (including phenoxy) is 1. The molecule has 1 aliphatic rings. The van der Waals surface area contributed by atoms with E-state index in [1.807, 2.05) is 0 Å². The molecule has 3 heteroatoms. The molecule has 102 valence electrons. The summed E-state index contributed by atoms with van der Waals surface area (Å²) < 4.78 is 7.61. The van der Waals surface area contributed by atoms with Gasteiger partial charge in [0.05, 0.1) is 12.6 Å². The minimum atomic E-state index is 0.645. The summed E-state index contributed by atoms with van der Waals surface area (Å²) in [7, 11) is 3.86.